The van der Waals surface area contributed by atoms with Crippen molar-refractivity contribution in [2.24, 2.45) is 5.92 Å². The largest absolute Gasteiger partial charge is 0.491 e. The van der Waals surface area contributed by atoms with Crippen molar-refractivity contribution in [2.45, 2.75) is 33.3 Å². The summed E-state index contributed by atoms with van der Waals surface area (Å²) in [6.07, 6.45) is 0.413. The van der Waals surface area contributed by atoms with E-state index in [0.717, 1.165) is 17.7 Å². The minimum atomic E-state index is -0.371. The predicted molar refractivity (Wildman–Crippen MR) is 62.1 cm³/mol. The Morgan fingerprint density at radius 1 is 1.27 bits per heavy atom. The monoisotopic (exact) mass is 208 g/mol. The molecule has 1 N–H and O–H groups in total. The van der Waals surface area contributed by atoms with Gasteiger partial charge in [-0.3, -0.25) is 0 Å². The van der Waals surface area contributed by atoms with Gasteiger partial charge in [-0.25, -0.2) is 0 Å². The molecule has 0 saturated carbocycles. The first kappa shape index (κ1) is 12.1. The number of para-hydroxylation sites is 1. The molecule has 15 heavy (non-hydrogen) atoms. The number of ether oxygens (including phenoxy) is 1. The SMILES string of the molecule is Cc1ccccc1OCC(O)CC(C)C. The summed E-state index contributed by atoms with van der Waals surface area (Å²) in [5, 5.41) is 9.65. The van der Waals surface area contributed by atoms with Gasteiger partial charge in [0.05, 0.1) is 6.10 Å². The van der Waals surface area contributed by atoms with Crippen LogP contribution in [0.4, 0.5) is 0 Å². The Bertz CT molecular complexity index is 294. The third kappa shape index (κ3) is 4.34. The Morgan fingerprint density at radius 2 is 1.93 bits per heavy atom. The number of aliphatic hydroxyl groups excluding tert-OH is 1. The smallest absolute Gasteiger partial charge is 0.122 e. The fourth-order valence-electron chi connectivity index (χ4n) is 1.52. The van der Waals surface area contributed by atoms with Crippen LogP contribution in [0, 0.1) is 12.8 Å². The number of aryl methyl sites for hydroxylation is 1. The fourth-order valence-corrected chi connectivity index (χ4v) is 1.52. The van der Waals surface area contributed by atoms with Crippen molar-refractivity contribution in [3.05, 3.63) is 29.8 Å². The van der Waals surface area contributed by atoms with Crippen LogP contribution in [0.5, 0.6) is 5.75 Å². The van der Waals surface area contributed by atoms with Gasteiger partial charge in [-0.2, -0.15) is 0 Å². The second-order valence-electron chi connectivity index (χ2n) is 4.36. The molecule has 0 spiro atoms. The van der Waals surface area contributed by atoms with Crippen molar-refractivity contribution < 1.29 is 9.84 Å². The van der Waals surface area contributed by atoms with Crippen molar-refractivity contribution in [1.29, 1.82) is 0 Å². The highest BCUT2D eigenvalue weighted by Gasteiger charge is 2.08. The Morgan fingerprint density at radius 3 is 2.53 bits per heavy atom. The zero-order chi connectivity index (χ0) is 11.3. The Kier molecular flexibility index (Phi) is 4.63. The van der Waals surface area contributed by atoms with Crippen LogP contribution in [0.1, 0.15) is 25.8 Å². The van der Waals surface area contributed by atoms with Crippen LogP contribution in [-0.2, 0) is 0 Å². The van der Waals surface area contributed by atoms with Crippen molar-refractivity contribution in [1.82, 2.24) is 0 Å². The minimum absolute atomic E-state index is 0.371. The first-order chi connectivity index (χ1) is 7.09. The van der Waals surface area contributed by atoms with Crippen LogP contribution in [0.25, 0.3) is 0 Å². The van der Waals surface area contributed by atoms with Crippen molar-refractivity contribution in [3.8, 4) is 5.75 Å². The lowest BCUT2D eigenvalue weighted by Crippen LogP contribution is -2.19. The maximum atomic E-state index is 9.65. The van der Waals surface area contributed by atoms with E-state index in [-0.39, 0.29) is 6.10 Å². The van der Waals surface area contributed by atoms with Crippen LogP contribution >= 0.6 is 0 Å². The summed E-state index contributed by atoms with van der Waals surface area (Å²) in [7, 11) is 0. The number of rotatable bonds is 5. The molecule has 0 aliphatic carbocycles. The van der Waals surface area contributed by atoms with Crippen molar-refractivity contribution in [3.63, 3.8) is 0 Å². The Balaban J connectivity index is 2.40. The van der Waals surface area contributed by atoms with Gasteiger partial charge < -0.3 is 9.84 Å². The van der Waals surface area contributed by atoms with Crippen LogP contribution in [0.2, 0.25) is 0 Å². The molecule has 0 aromatic heterocycles. The second kappa shape index (κ2) is 5.76. The van der Waals surface area contributed by atoms with E-state index >= 15 is 0 Å². The highest BCUT2D eigenvalue weighted by atomic mass is 16.5. The van der Waals surface area contributed by atoms with Gasteiger partial charge in [0.25, 0.3) is 0 Å². The highest BCUT2D eigenvalue weighted by Crippen LogP contribution is 2.17. The molecule has 1 rings (SSSR count). The molecule has 0 fully saturated rings. The van der Waals surface area contributed by atoms with E-state index in [0.29, 0.717) is 12.5 Å². The van der Waals surface area contributed by atoms with Crippen LogP contribution < -0.4 is 4.74 Å². The molecule has 0 aliphatic heterocycles. The summed E-state index contributed by atoms with van der Waals surface area (Å²) in [4.78, 5) is 0. The Hall–Kier alpha value is -1.02. The summed E-state index contributed by atoms with van der Waals surface area (Å²) in [5.41, 5.74) is 1.11. The molecule has 1 unspecified atom stereocenters. The summed E-state index contributed by atoms with van der Waals surface area (Å²) >= 11 is 0. The lowest BCUT2D eigenvalue weighted by Gasteiger charge is -2.15. The number of benzene rings is 1. The van der Waals surface area contributed by atoms with Crippen molar-refractivity contribution in [2.75, 3.05) is 6.61 Å². The molecule has 0 amide bonds. The maximum Gasteiger partial charge on any atom is 0.122 e. The third-order valence-electron chi connectivity index (χ3n) is 2.27. The lowest BCUT2D eigenvalue weighted by molar-refractivity contribution is 0.0890. The third-order valence-corrected chi connectivity index (χ3v) is 2.27. The maximum absolute atomic E-state index is 9.65. The molecular weight excluding hydrogens is 188 g/mol. The van der Waals surface area contributed by atoms with Gasteiger partial charge in [-0.05, 0) is 30.9 Å². The molecule has 1 aromatic carbocycles. The van der Waals surface area contributed by atoms with Gasteiger partial charge in [0, 0.05) is 0 Å². The zero-order valence-corrected chi connectivity index (χ0v) is 9.73. The summed E-state index contributed by atoms with van der Waals surface area (Å²) in [5.74, 6) is 1.36. The first-order valence-corrected chi connectivity index (χ1v) is 5.46. The topological polar surface area (TPSA) is 29.5 Å². The molecule has 84 valence electrons. The van der Waals surface area contributed by atoms with E-state index < -0.39 is 0 Å². The molecule has 0 bridgehead atoms. The number of hydrogen-bond acceptors (Lipinski definition) is 2. The van der Waals surface area contributed by atoms with Crippen LogP contribution in [-0.4, -0.2) is 17.8 Å². The summed E-state index contributed by atoms with van der Waals surface area (Å²) in [6.45, 7) is 6.57. The number of hydrogen-bond donors (Lipinski definition) is 1. The molecule has 2 nitrogen and oxygen atoms in total. The van der Waals surface area contributed by atoms with Gasteiger partial charge in [0.1, 0.15) is 12.4 Å². The van der Waals surface area contributed by atoms with Gasteiger partial charge in [0.2, 0.25) is 0 Å². The summed E-state index contributed by atoms with van der Waals surface area (Å²) in [6, 6.07) is 7.85. The number of aliphatic hydroxyl groups is 1. The molecule has 2 heteroatoms. The second-order valence-corrected chi connectivity index (χ2v) is 4.36. The van der Waals surface area contributed by atoms with E-state index in [1.807, 2.05) is 31.2 Å². The van der Waals surface area contributed by atoms with Crippen LogP contribution in [0.15, 0.2) is 24.3 Å². The van der Waals surface area contributed by atoms with E-state index in [9.17, 15) is 5.11 Å². The van der Waals surface area contributed by atoms with Crippen molar-refractivity contribution >= 4 is 0 Å². The van der Waals surface area contributed by atoms with Gasteiger partial charge >= 0.3 is 0 Å². The van der Waals surface area contributed by atoms with E-state index in [1.165, 1.54) is 0 Å². The average molecular weight is 208 g/mol. The first-order valence-electron chi connectivity index (χ1n) is 5.46. The standard InChI is InChI=1S/C13H20O2/c1-10(2)8-12(14)9-15-13-7-5-4-6-11(13)3/h4-7,10,12,14H,8-9H2,1-3H3. The Labute approximate surface area is 91.9 Å². The average Bonchev–Trinajstić information content (AvgIpc) is 2.15. The lowest BCUT2D eigenvalue weighted by atomic mass is 10.1. The van der Waals surface area contributed by atoms with E-state index in [4.69, 9.17) is 4.74 Å². The molecule has 0 heterocycles. The van der Waals surface area contributed by atoms with Gasteiger partial charge in [-0.15, -0.1) is 0 Å². The predicted octanol–water partition coefficient (Wildman–Crippen LogP) is 2.78. The van der Waals surface area contributed by atoms with Crippen LogP contribution in [0.3, 0.4) is 0 Å². The van der Waals surface area contributed by atoms with E-state index in [2.05, 4.69) is 13.8 Å². The summed E-state index contributed by atoms with van der Waals surface area (Å²) < 4.78 is 5.55. The van der Waals surface area contributed by atoms with Gasteiger partial charge in [0.15, 0.2) is 0 Å². The quantitative estimate of drug-likeness (QED) is 0.806. The van der Waals surface area contributed by atoms with E-state index in [1.54, 1.807) is 0 Å². The molecule has 0 saturated heterocycles. The molecule has 1 atom stereocenters. The fraction of sp³-hybridized carbons (Fsp3) is 0.538. The normalized spacial score (nSPS) is 12.9. The molecule has 0 aliphatic rings. The molecule has 1 aromatic rings. The minimum Gasteiger partial charge on any atom is -0.491 e. The molecular formula is C13H20O2. The highest BCUT2D eigenvalue weighted by molar-refractivity contribution is 5.31. The molecule has 0 radical (unpaired) electrons. The zero-order valence-electron chi connectivity index (χ0n) is 9.73. The van der Waals surface area contributed by atoms with Gasteiger partial charge in [-0.1, -0.05) is 32.0 Å².